The number of aryl methyl sites for hydroxylation is 2. The molecular weight excluding hydrogens is 264 g/mol. The molecule has 1 aliphatic heterocycles. The van der Waals surface area contributed by atoms with Crippen molar-refractivity contribution >= 4 is 11.6 Å². The molecule has 0 saturated carbocycles. The van der Waals surface area contributed by atoms with Gasteiger partial charge < -0.3 is 16.0 Å². The molecule has 21 heavy (non-hydrogen) atoms. The largest absolute Gasteiger partial charge is 0.329 e. The van der Waals surface area contributed by atoms with Crippen LogP contribution in [0.4, 0.5) is 5.69 Å². The molecule has 1 amide bonds. The van der Waals surface area contributed by atoms with Crippen molar-refractivity contribution in [3.63, 3.8) is 0 Å². The van der Waals surface area contributed by atoms with E-state index < -0.39 is 0 Å². The molecule has 1 saturated heterocycles. The number of hydrogen-bond donors (Lipinski definition) is 2. The van der Waals surface area contributed by atoms with Crippen LogP contribution >= 0.6 is 0 Å². The lowest BCUT2D eigenvalue weighted by molar-refractivity contribution is -0.118. The van der Waals surface area contributed by atoms with Gasteiger partial charge in [-0.25, -0.2) is 0 Å². The fourth-order valence-corrected chi connectivity index (χ4v) is 2.72. The smallest absolute Gasteiger partial charge is 0.238 e. The predicted molar refractivity (Wildman–Crippen MR) is 86.5 cm³/mol. The number of hydrogen-bond acceptors (Lipinski definition) is 4. The first-order valence-electron chi connectivity index (χ1n) is 7.49. The number of nitrogens with two attached hydrogens (primary N) is 1. The molecule has 3 N–H and O–H groups in total. The summed E-state index contributed by atoms with van der Waals surface area (Å²) in [4.78, 5) is 16.7. The normalized spacial score (nSPS) is 20.5. The van der Waals surface area contributed by atoms with Crippen molar-refractivity contribution in [3.05, 3.63) is 29.3 Å². The van der Waals surface area contributed by atoms with Gasteiger partial charge in [-0.05, 0) is 38.1 Å². The van der Waals surface area contributed by atoms with E-state index in [0.29, 0.717) is 13.1 Å². The van der Waals surface area contributed by atoms with E-state index in [0.717, 1.165) is 36.4 Å². The Morgan fingerprint density at radius 2 is 2.14 bits per heavy atom. The summed E-state index contributed by atoms with van der Waals surface area (Å²) in [5.41, 5.74) is 8.96. The van der Waals surface area contributed by atoms with Crippen LogP contribution in [0.2, 0.25) is 0 Å². The number of nitrogens with zero attached hydrogens (tertiary/aromatic N) is 2. The number of amides is 1. The van der Waals surface area contributed by atoms with Crippen LogP contribution in [0, 0.1) is 13.8 Å². The molecule has 1 aromatic rings. The highest BCUT2D eigenvalue weighted by molar-refractivity contribution is 5.93. The van der Waals surface area contributed by atoms with Crippen LogP contribution in [-0.2, 0) is 4.79 Å². The lowest BCUT2D eigenvalue weighted by Crippen LogP contribution is -2.56. The highest BCUT2D eigenvalue weighted by Gasteiger charge is 2.25. The second kappa shape index (κ2) is 7.02. The Balaban J connectivity index is 1.96. The van der Waals surface area contributed by atoms with Crippen molar-refractivity contribution in [1.29, 1.82) is 0 Å². The van der Waals surface area contributed by atoms with Gasteiger partial charge in [0.25, 0.3) is 0 Å². The zero-order valence-corrected chi connectivity index (χ0v) is 13.2. The van der Waals surface area contributed by atoms with Crippen LogP contribution in [0.15, 0.2) is 18.2 Å². The fourth-order valence-electron chi connectivity index (χ4n) is 2.72. The summed E-state index contributed by atoms with van der Waals surface area (Å²) < 4.78 is 0. The van der Waals surface area contributed by atoms with Gasteiger partial charge in [0, 0.05) is 37.9 Å². The topological polar surface area (TPSA) is 61.6 Å². The number of nitrogens with one attached hydrogen (secondary N) is 1. The van der Waals surface area contributed by atoms with E-state index in [2.05, 4.69) is 28.2 Å². The lowest BCUT2D eigenvalue weighted by Gasteiger charge is -2.39. The SMILES string of the molecule is Cc1ccc(C)c(NC(=O)CN2CCN(C)CC2CN)c1. The number of piperazine rings is 1. The molecule has 116 valence electrons. The summed E-state index contributed by atoms with van der Waals surface area (Å²) in [6.07, 6.45) is 0. The number of benzene rings is 1. The maximum Gasteiger partial charge on any atom is 0.238 e. The van der Waals surface area contributed by atoms with E-state index in [1.165, 1.54) is 0 Å². The lowest BCUT2D eigenvalue weighted by atomic mass is 10.1. The molecule has 1 unspecified atom stereocenters. The summed E-state index contributed by atoms with van der Waals surface area (Å²) in [7, 11) is 2.09. The monoisotopic (exact) mass is 290 g/mol. The minimum absolute atomic E-state index is 0.0340. The van der Waals surface area contributed by atoms with Crippen molar-refractivity contribution < 1.29 is 4.79 Å². The molecule has 0 aromatic heterocycles. The molecular formula is C16H26N4O. The van der Waals surface area contributed by atoms with Crippen molar-refractivity contribution in [2.24, 2.45) is 5.73 Å². The van der Waals surface area contributed by atoms with Gasteiger partial charge in [0.2, 0.25) is 5.91 Å². The number of carbonyl (C=O) groups is 1. The summed E-state index contributed by atoms with van der Waals surface area (Å²) in [5.74, 6) is 0.0340. The van der Waals surface area contributed by atoms with E-state index in [1.54, 1.807) is 0 Å². The molecule has 0 spiro atoms. The molecule has 1 atom stereocenters. The summed E-state index contributed by atoms with van der Waals surface area (Å²) in [6.45, 7) is 7.82. The Morgan fingerprint density at radius 1 is 1.38 bits per heavy atom. The third-order valence-electron chi connectivity index (χ3n) is 4.09. The quantitative estimate of drug-likeness (QED) is 0.862. The Labute approximate surface area is 127 Å². The van der Waals surface area contributed by atoms with Gasteiger partial charge in [-0.2, -0.15) is 0 Å². The number of rotatable bonds is 4. The Morgan fingerprint density at radius 3 is 2.86 bits per heavy atom. The molecule has 0 aliphatic carbocycles. The first-order chi connectivity index (χ1) is 9.99. The van der Waals surface area contributed by atoms with Gasteiger partial charge in [0.15, 0.2) is 0 Å². The van der Waals surface area contributed by atoms with Gasteiger partial charge in [-0.15, -0.1) is 0 Å². The van der Waals surface area contributed by atoms with Crippen molar-refractivity contribution in [1.82, 2.24) is 9.80 Å². The van der Waals surface area contributed by atoms with Crippen molar-refractivity contribution in [3.8, 4) is 0 Å². The molecule has 5 heteroatoms. The number of anilines is 1. The van der Waals surface area contributed by atoms with Crippen molar-refractivity contribution in [2.75, 3.05) is 45.1 Å². The van der Waals surface area contributed by atoms with Gasteiger partial charge >= 0.3 is 0 Å². The van der Waals surface area contributed by atoms with E-state index in [-0.39, 0.29) is 11.9 Å². The molecule has 1 aliphatic rings. The summed E-state index contributed by atoms with van der Waals surface area (Å²) >= 11 is 0. The highest BCUT2D eigenvalue weighted by Crippen LogP contribution is 2.16. The van der Waals surface area contributed by atoms with Crippen LogP contribution in [0.25, 0.3) is 0 Å². The molecule has 2 rings (SSSR count). The van der Waals surface area contributed by atoms with Crippen LogP contribution < -0.4 is 11.1 Å². The third-order valence-corrected chi connectivity index (χ3v) is 4.09. The molecule has 1 fully saturated rings. The van der Waals surface area contributed by atoms with Crippen molar-refractivity contribution in [2.45, 2.75) is 19.9 Å². The average molecular weight is 290 g/mol. The third kappa shape index (κ3) is 4.27. The minimum Gasteiger partial charge on any atom is -0.329 e. The van der Waals surface area contributed by atoms with Gasteiger partial charge in [0.1, 0.15) is 0 Å². The highest BCUT2D eigenvalue weighted by atomic mass is 16.2. The Hall–Kier alpha value is -1.43. The Kier molecular flexibility index (Phi) is 5.33. The first kappa shape index (κ1) is 15.9. The predicted octanol–water partition coefficient (Wildman–Crippen LogP) is 0.817. The van der Waals surface area contributed by atoms with Crippen LogP contribution in [0.5, 0.6) is 0 Å². The maximum absolute atomic E-state index is 12.3. The zero-order valence-electron chi connectivity index (χ0n) is 13.2. The molecule has 1 aromatic carbocycles. The van der Waals surface area contributed by atoms with Gasteiger partial charge in [-0.1, -0.05) is 12.1 Å². The van der Waals surface area contributed by atoms with Crippen LogP contribution in [-0.4, -0.2) is 61.5 Å². The van der Waals surface area contributed by atoms with Crippen LogP contribution in [0.3, 0.4) is 0 Å². The number of carbonyl (C=O) groups excluding carboxylic acids is 1. The minimum atomic E-state index is 0.0340. The Bertz CT molecular complexity index is 503. The van der Waals surface area contributed by atoms with Gasteiger partial charge in [-0.3, -0.25) is 9.69 Å². The summed E-state index contributed by atoms with van der Waals surface area (Å²) in [5, 5.41) is 3.02. The zero-order chi connectivity index (χ0) is 15.4. The first-order valence-corrected chi connectivity index (χ1v) is 7.49. The summed E-state index contributed by atoms with van der Waals surface area (Å²) in [6, 6.07) is 6.35. The molecule has 5 nitrogen and oxygen atoms in total. The van der Waals surface area contributed by atoms with E-state index in [4.69, 9.17) is 5.73 Å². The van der Waals surface area contributed by atoms with Crippen LogP contribution in [0.1, 0.15) is 11.1 Å². The second-order valence-corrected chi connectivity index (χ2v) is 5.99. The van der Waals surface area contributed by atoms with E-state index >= 15 is 0 Å². The van der Waals surface area contributed by atoms with E-state index in [1.807, 2.05) is 26.0 Å². The molecule has 0 radical (unpaired) electrons. The molecule has 1 heterocycles. The molecule has 0 bridgehead atoms. The fraction of sp³-hybridized carbons (Fsp3) is 0.562. The average Bonchev–Trinajstić information content (AvgIpc) is 2.44. The standard InChI is InChI=1S/C16H26N4O/c1-12-4-5-13(2)15(8-12)18-16(21)11-20-7-6-19(3)10-14(20)9-17/h4-5,8,14H,6-7,9-11,17H2,1-3H3,(H,18,21). The number of likely N-dealkylation sites (N-methyl/N-ethyl adjacent to an activating group) is 1. The second-order valence-electron chi connectivity index (χ2n) is 5.99. The van der Waals surface area contributed by atoms with E-state index in [9.17, 15) is 4.79 Å². The maximum atomic E-state index is 12.3. The van der Waals surface area contributed by atoms with Gasteiger partial charge in [0.05, 0.1) is 6.54 Å².